The number of rotatable bonds is 2. The van der Waals surface area contributed by atoms with Crippen molar-refractivity contribution in [2.75, 3.05) is 5.32 Å². The van der Waals surface area contributed by atoms with E-state index in [2.05, 4.69) is 5.32 Å². The van der Waals surface area contributed by atoms with E-state index in [4.69, 9.17) is 9.47 Å². The second kappa shape index (κ2) is 4.48. The van der Waals surface area contributed by atoms with E-state index in [1.807, 2.05) is 31.2 Å². The topological polar surface area (TPSA) is 50.9 Å². The molecule has 7 atom stereocenters. The Bertz CT molecular complexity index is 613. The number of carbonyl (C=O) groups excluding carboxylic acids is 1. The number of carbonyl (C=O) groups is 1. The SMILES string of the molecule is Cc1ccc(NC(=O)O[C@@H]2C[C@H]3C[C@@H]2[C@H]2C[C@H]4O[C@@H]4[C@H]32)cc1. The highest BCUT2D eigenvalue weighted by molar-refractivity contribution is 5.84. The number of hydrogen-bond acceptors (Lipinski definition) is 3. The van der Waals surface area contributed by atoms with Crippen LogP contribution in [-0.2, 0) is 9.47 Å². The minimum Gasteiger partial charge on any atom is -0.446 e. The molecule has 4 aliphatic rings. The van der Waals surface area contributed by atoms with Crippen LogP contribution in [0, 0.1) is 30.6 Å². The highest BCUT2D eigenvalue weighted by Crippen LogP contribution is 2.64. The minimum absolute atomic E-state index is 0.106. The summed E-state index contributed by atoms with van der Waals surface area (Å²) in [7, 11) is 0. The summed E-state index contributed by atoms with van der Waals surface area (Å²) in [5.41, 5.74) is 1.98. The molecule has 0 radical (unpaired) electrons. The summed E-state index contributed by atoms with van der Waals surface area (Å²) >= 11 is 0. The standard InChI is InChI=1S/C18H21NO3/c1-9-2-4-11(5-3-9)19-18(20)22-14-7-10-6-12(14)13-8-15-17(21-15)16(10)13/h2-5,10,12-17H,6-8H2,1H3,(H,19,20)/t10-,12-,13-,14-,15-,16-,17+/m1/s1. The fourth-order valence-electron chi connectivity index (χ4n) is 5.32. The van der Waals surface area contributed by atoms with Crippen molar-refractivity contribution in [3.05, 3.63) is 29.8 Å². The van der Waals surface area contributed by atoms with E-state index in [9.17, 15) is 4.79 Å². The van der Waals surface area contributed by atoms with Crippen molar-refractivity contribution in [3.8, 4) is 0 Å². The number of epoxide rings is 1. The first kappa shape index (κ1) is 12.9. The summed E-state index contributed by atoms with van der Waals surface area (Å²) < 4.78 is 11.5. The molecule has 1 amide bonds. The second-order valence-electron chi connectivity index (χ2n) is 7.45. The van der Waals surface area contributed by atoms with Gasteiger partial charge in [-0.15, -0.1) is 0 Å². The van der Waals surface area contributed by atoms with Crippen molar-refractivity contribution in [1.29, 1.82) is 0 Å². The number of ether oxygens (including phenoxy) is 2. The van der Waals surface area contributed by atoms with E-state index in [1.54, 1.807) is 0 Å². The molecular weight excluding hydrogens is 278 g/mol. The Morgan fingerprint density at radius 3 is 2.82 bits per heavy atom. The molecule has 1 aliphatic heterocycles. The lowest BCUT2D eigenvalue weighted by Crippen LogP contribution is -2.35. The third-order valence-corrected chi connectivity index (χ3v) is 6.24. The van der Waals surface area contributed by atoms with Crippen LogP contribution in [0.4, 0.5) is 10.5 Å². The molecule has 0 aromatic heterocycles. The molecule has 3 aliphatic carbocycles. The summed E-state index contributed by atoms with van der Waals surface area (Å²) in [6.45, 7) is 2.03. The first-order valence-electron chi connectivity index (χ1n) is 8.39. The molecule has 1 aromatic rings. The van der Waals surface area contributed by atoms with Crippen LogP contribution in [0.1, 0.15) is 24.8 Å². The monoisotopic (exact) mass is 299 g/mol. The predicted octanol–water partition coefficient (Wildman–Crippen LogP) is 3.36. The van der Waals surface area contributed by atoms with Crippen LogP contribution in [0.3, 0.4) is 0 Å². The van der Waals surface area contributed by atoms with Crippen molar-refractivity contribution in [1.82, 2.24) is 0 Å². The molecule has 5 rings (SSSR count). The van der Waals surface area contributed by atoms with Crippen LogP contribution >= 0.6 is 0 Å². The minimum atomic E-state index is -0.308. The van der Waals surface area contributed by atoms with Gasteiger partial charge in [0, 0.05) is 5.69 Å². The third kappa shape index (κ3) is 1.89. The van der Waals surface area contributed by atoms with Gasteiger partial charge in [0.25, 0.3) is 0 Å². The second-order valence-corrected chi connectivity index (χ2v) is 7.45. The molecule has 2 bridgehead atoms. The van der Waals surface area contributed by atoms with Gasteiger partial charge >= 0.3 is 6.09 Å². The highest BCUT2D eigenvalue weighted by Gasteiger charge is 2.67. The third-order valence-electron chi connectivity index (χ3n) is 6.24. The molecule has 4 nitrogen and oxygen atoms in total. The number of amides is 1. The zero-order valence-corrected chi connectivity index (χ0v) is 12.7. The van der Waals surface area contributed by atoms with E-state index >= 15 is 0 Å². The molecule has 4 fully saturated rings. The number of benzene rings is 1. The van der Waals surface area contributed by atoms with E-state index < -0.39 is 0 Å². The molecule has 4 heteroatoms. The Morgan fingerprint density at radius 2 is 2.00 bits per heavy atom. The Hall–Kier alpha value is -1.55. The predicted molar refractivity (Wildman–Crippen MR) is 81.5 cm³/mol. The lowest BCUT2D eigenvalue weighted by molar-refractivity contribution is 0.0251. The molecule has 1 N–H and O–H groups in total. The maximum absolute atomic E-state index is 12.1. The van der Waals surface area contributed by atoms with Gasteiger partial charge in [-0.3, -0.25) is 5.32 Å². The number of anilines is 1. The molecule has 116 valence electrons. The zero-order chi connectivity index (χ0) is 14.8. The van der Waals surface area contributed by atoms with Gasteiger partial charge in [0.2, 0.25) is 0 Å². The highest BCUT2D eigenvalue weighted by atomic mass is 16.6. The fourth-order valence-corrected chi connectivity index (χ4v) is 5.32. The molecule has 0 spiro atoms. The largest absolute Gasteiger partial charge is 0.446 e. The fraction of sp³-hybridized carbons (Fsp3) is 0.611. The average molecular weight is 299 g/mol. The van der Waals surface area contributed by atoms with E-state index in [0.717, 1.165) is 23.9 Å². The van der Waals surface area contributed by atoms with Gasteiger partial charge in [-0.2, -0.15) is 0 Å². The molecule has 1 aromatic carbocycles. The number of fused-ring (bicyclic) bond motifs is 7. The van der Waals surface area contributed by atoms with Gasteiger partial charge in [-0.05, 0) is 62.0 Å². The molecule has 1 heterocycles. The summed E-state index contributed by atoms with van der Waals surface area (Å²) in [6, 6.07) is 7.80. The van der Waals surface area contributed by atoms with Crippen LogP contribution < -0.4 is 5.32 Å². The van der Waals surface area contributed by atoms with Gasteiger partial charge in [-0.25, -0.2) is 4.79 Å². The normalized spacial score (nSPS) is 43.6. The zero-order valence-electron chi connectivity index (χ0n) is 12.7. The lowest BCUT2D eigenvalue weighted by Gasteiger charge is -2.32. The van der Waals surface area contributed by atoms with E-state index in [1.165, 1.54) is 18.4 Å². The number of hydrogen-bond donors (Lipinski definition) is 1. The van der Waals surface area contributed by atoms with Crippen LogP contribution in [0.5, 0.6) is 0 Å². The Balaban J connectivity index is 1.22. The maximum atomic E-state index is 12.1. The van der Waals surface area contributed by atoms with Crippen molar-refractivity contribution in [3.63, 3.8) is 0 Å². The van der Waals surface area contributed by atoms with Crippen molar-refractivity contribution < 1.29 is 14.3 Å². The number of nitrogens with one attached hydrogen (secondary N) is 1. The van der Waals surface area contributed by atoms with Gasteiger partial charge in [0.05, 0.1) is 12.2 Å². The molecular formula is C18H21NO3. The quantitative estimate of drug-likeness (QED) is 0.852. The maximum Gasteiger partial charge on any atom is 0.411 e. The first-order chi connectivity index (χ1) is 10.7. The van der Waals surface area contributed by atoms with Crippen LogP contribution in [-0.4, -0.2) is 24.4 Å². The van der Waals surface area contributed by atoms with Crippen molar-refractivity contribution in [2.45, 2.75) is 44.5 Å². The Labute approximate surface area is 130 Å². The number of aryl methyl sites for hydroxylation is 1. The molecule has 3 saturated carbocycles. The molecule has 1 saturated heterocycles. The molecule has 0 unspecified atom stereocenters. The Morgan fingerprint density at radius 1 is 1.18 bits per heavy atom. The van der Waals surface area contributed by atoms with Crippen molar-refractivity contribution in [2.24, 2.45) is 23.7 Å². The van der Waals surface area contributed by atoms with Gasteiger partial charge in [0.1, 0.15) is 6.10 Å². The van der Waals surface area contributed by atoms with Crippen LogP contribution in [0.15, 0.2) is 24.3 Å². The average Bonchev–Trinajstić information content (AvgIpc) is 2.84. The summed E-state index contributed by atoms with van der Waals surface area (Å²) in [5.74, 6) is 2.77. The first-order valence-corrected chi connectivity index (χ1v) is 8.39. The van der Waals surface area contributed by atoms with Gasteiger partial charge in [-0.1, -0.05) is 17.7 Å². The lowest BCUT2D eigenvalue weighted by atomic mass is 9.79. The van der Waals surface area contributed by atoms with E-state index in [0.29, 0.717) is 24.0 Å². The van der Waals surface area contributed by atoms with E-state index in [-0.39, 0.29) is 12.2 Å². The molecule has 22 heavy (non-hydrogen) atoms. The Kier molecular flexibility index (Phi) is 2.63. The van der Waals surface area contributed by atoms with Crippen molar-refractivity contribution >= 4 is 11.8 Å². The van der Waals surface area contributed by atoms with Gasteiger partial charge in [0.15, 0.2) is 0 Å². The van der Waals surface area contributed by atoms with Gasteiger partial charge < -0.3 is 9.47 Å². The smallest absolute Gasteiger partial charge is 0.411 e. The van der Waals surface area contributed by atoms with Crippen LogP contribution in [0.2, 0.25) is 0 Å². The summed E-state index contributed by atoms with van der Waals surface area (Å²) in [5, 5.41) is 2.85. The summed E-state index contributed by atoms with van der Waals surface area (Å²) in [6.07, 6.45) is 4.31. The van der Waals surface area contributed by atoms with Crippen LogP contribution in [0.25, 0.3) is 0 Å². The summed E-state index contributed by atoms with van der Waals surface area (Å²) in [4.78, 5) is 12.1.